The zero-order chi connectivity index (χ0) is 15.9. The fraction of sp³-hybridized carbons (Fsp3) is 0.267. The van der Waals surface area contributed by atoms with E-state index in [0.717, 1.165) is 5.56 Å². The number of benzene rings is 1. The number of carbonyl (C=O) groups is 2. The molecule has 0 spiro atoms. The van der Waals surface area contributed by atoms with Crippen molar-refractivity contribution >= 4 is 11.9 Å². The lowest BCUT2D eigenvalue weighted by molar-refractivity contribution is -0.141. The monoisotopic (exact) mass is 303 g/mol. The first-order chi connectivity index (χ1) is 10.6. The van der Waals surface area contributed by atoms with E-state index in [-0.39, 0.29) is 18.7 Å². The van der Waals surface area contributed by atoms with Crippen LogP contribution >= 0.6 is 0 Å². The van der Waals surface area contributed by atoms with Crippen molar-refractivity contribution in [2.45, 2.75) is 18.9 Å². The Morgan fingerprint density at radius 3 is 2.64 bits per heavy atom. The van der Waals surface area contributed by atoms with Crippen LogP contribution in [0.5, 0.6) is 5.75 Å². The van der Waals surface area contributed by atoms with Gasteiger partial charge in [-0.3, -0.25) is 4.79 Å². The molecule has 1 heterocycles. The lowest BCUT2D eigenvalue weighted by atomic mass is 10.1. The van der Waals surface area contributed by atoms with Crippen LogP contribution in [0.15, 0.2) is 36.8 Å². The first-order valence-electron chi connectivity index (χ1n) is 6.71. The molecule has 1 atom stereocenters. The van der Waals surface area contributed by atoms with Gasteiger partial charge in [-0.15, -0.1) is 0 Å². The number of methoxy groups -OCH3 is 1. The number of nitrogens with zero attached hydrogens (tertiary/aromatic N) is 1. The summed E-state index contributed by atoms with van der Waals surface area (Å²) < 4.78 is 5.04. The number of carbonyl (C=O) groups excluding carboxylic acids is 1. The summed E-state index contributed by atoms with van der Waals surface area (Å²) in [5, 5.41) is 11.7. The lowest BCUT2D eigenvalue weighted by Crippen LogP contribution is -2.43. The van der Waals surface area contributed by atoms with Crippen LogP contribution in [0.1, 0.15) is 11.3 Å². The summed E-state index contributed by atoms with van der Waals surface area (Å²) in [6, 6.07) is 6.04. The van der Waals surface area contributed by atoms with E-state index in [9.17, 15) is 14.7 Å². The molecule has 0 unspecified atom stereocenters. The van der Waals surface area contributed by atoms with Crippen LogP contribution in [0.4, 0.5) is 0 Å². The number of aromatic nitrogens is 2. The van der Waals surface area contributed by atoms with E-state index >= 15 is 0 Å². The number of hydrogen-bond donors (Lipinski definition) is 3. The quantitative estimate of drug-likeness (QED) is 0.701. The Kier molecular flexibility index (Phi) is 5.13. The number of amides is 1. The number of aliphatic carboxylic acids is 1. The Balaban J connectivity index is 1.94. The zero-order valence-electron chi connectivity index (χ0n) is 12.1. The number of aromatic amines is 1. The highest BCUT2D eigenvalue weighted by molar-refractivity contribution is 5.85. The number of nitrogens with one attached hydrogen (secondary N) is 2. The molecule has 7 heteroatoms. The van der Waals surface area contributed by atoms with Gasteiger partial charge in [-0.25, -0.2) is 9.78 Å². The predicted molar refractivity (Wildman–Crippen MR) is 78.6 cm³/mol. The molecular formula is C15H17N3O4. The number of rotatable bonds is 7. The maximum absolute atomic E-state index is 12.0. The Bertz CT molecular complexity index is 623. The second-order valence-corrected chi connectivity index (χ2v) is 4.76. The number of H-pyrrole nitrogens is 1. The van der Waals surface area contributed by atoms with Crippen LogP contribution in [0.2, 0.25) is 0 Å². The highest BCUT2D eigenvalue weighted by atomic mass is 16.5. The molecule has 0 saturated carbocycles. The molecule has 3 N–H and O–H groups in total. The maximum atomic E-state index is 12.0. The van der Waals surface area contributed by atoms with Gasteiger partial charge in [0.05, 0.1) is 19.9 Å². The minimum atomic E-state index is -1.09. The maximum Gasteiger partial charge on any atom is 0.326 e. The number of imidazole rings is 1. The smallest absolute Gasteiger partial charge is 0.326 e. The summed E-state index contributed by atoms with van der Waals surface area (Å²) in [7, 11) is 1.56. The number of carboxylic acid groups (broad SMARTS) is 1. The molecule has 22 heavy (non-hydrogen) atoms. The molecular weight excluding hydrogens is 286 g/mol. The van der Waals surface area contributed by atoms with Gasteiger partial charge in [0.25, 0.3) is 0 Å². The van der Waals surface area contributed by atoms with Crippen molar-refractivity contribution in [2.24, 2.45) is 0 Å². The van der Waals surface area contributed by atoms with Gasteiger partial charge >= 0.3 is 5.97 Å². The van der Waals surface area contributed by atoms with E-state index in [0.29, 0.717) is 11.4 Å². The van der Waals surface area contributed by atoms with Crippen LogP contribution in [0.3, 0.4) is 0 Å². The Morgan fingerprint density at radius 1 is 1.36 bits per heavy atom. The van der Waals surface area contributed by atoms with Crippen LogP contribution in [0, 0.1) is 0 Å². The van der Waals surface area contributed by atoms with E-state index in [1.807, 2.05) is 0 Å². The van der Waals surface area contributed by atoms with Gasteiger partial charge in [-0.1, -0.05) is 12.1 Å². The number of carboxylic acids is 1. The lowest BCUT2D eigenvalue weighted by Gasteiger charge is -2.13. The fourth-order valence-corrected chi connectivity index (χ4v) is 1.99. The SMILES string of the molecule is COc1ccc(CC(=O)N[C@@H](Cc2cnc[nH]2)C(=O)O)cc1. The average Bonchev–Trinajstić information content (AvgIpc) is 3.00. The second-order valence-electron chi connectivity index (χ2n) is 4.76. The number of ether oxygens (including phenoxy) is 1. The summed E-state index contributed by atoms with van der Waals surface area (Å²) in [6.07, 6.45) is 3.26. The van der Waals surface area contributed by atoms with Crippen molar-refractivity contribution in [1.82, 2.24) is 15.3 Å². The highest BCUT2D eigenvalue weighted by Crippen LogP contribution is 2.11. The number of hydrogen-bond acceptors (Lipinski definition) is 4. The largest absolute Gasteiger partial charge is 0.497 e. The van der Waals surface area contributed by atoms with Gasteiger partial charge in [-0.05, 0) is 17.7 Å². The van der Waals surface area contributed by atoms with E-state index in [2.05, 4.69) is 15.3 Å². The molecule has 0 aliphatic carbocycles. The molecule has 0 aliphatic heterocycles. The predicted octanol–water partition coefficient (Wildman–Crippen LogP) is 0.773. The minimum Gasteiger partial charge on any atom is -0.497 e. The molecule has 0 radical (unpaired) electrons. The second kappa shape index (κ2) is 7.26. The third kappa shape index (κ3) is 4.34. The molecule has 0 saturated heterocycles. The first-order valence-corrected chi connectivity index (χ1v) is 6.71. The summed E-state index contributed by atoms with van der Waals surface area (Å²) in [6.45, 7) is 0. The molecule has 1 aromatic carbocycles. The van der Waals surface area contributed by atoms with Crippen LogP contribution in [-0.2, 0) is 22.4 Å². The molecule has 116 valence electrons. The highest BCUT2D eigenvalue weighted by Gasteiger charge is 2.21. The summed E-state index contributed by atoms with van der Waals surface area (Å²) in [4.78, 5) is 29.9. The summed E-state index contributed by atoms with van der Waals surface area (Å²) in [5.74, 6) is -0.735. The molecule has 0 aliphatic rings. The van der Waals surface area contributed by atoms with E-state index < -0.39 is 12.0 Å². The summed E-state index contributed by atoms with van der Waals surface area (Å²) >= 11 is 0. The van der Waals surface area contributed by atoms with Crippen LogP contribution in [-0.4, -0.2) is 40.1 Å². The van der Waals surface area contributed by atoms with Crippen LogP contribution in [0.25, 0.3) is 0 Å². The van der Waals surface area contributed by atoms with Gasteiger partial charge in [-0.2, -0.15) is 0 Å². The standard InChI is InChI=1S/C15H17N3O4/c1-22-12-4-2-10(3-5-12)6-14(19)18-13(15(20)21)7-11-8-16-9-17-11/h2-5,8-9,13H,6-7H2,1H3,(H,16,17)(H,18,19)(H,20,21)/t13-/m0/s1. The zero-order valence-corrected chi connectivity index (χ0v) is 12.1. The van der Waals surface area contributed by atoms with Crippen LogP contribution < -0.4 is 10.1 Å². The van der Waals surface area contributed by atoms with E-state index in [4.69, 9.17) is 4.74 Å². The van der Waals surface area contributed by atoms with Gasteiger partial charge in [0.2, 0.25) is 5.91 Å². The molecule has 2 rings (SSSR count). The van der Waals surface area contributed by atoms with Crippen molar-refractivity contribution in [2.75, 3.05) is 7.11 Å². The third-order valence-corrected chi connectivity index (χ3v) is 3.14. The van der Waals surface area contributed by atoms with Gasteiger partial charge in [0.1, 0.15) is 11.8 Å². The minimum absolute atomic E-state index is 0.108. The third-order valence-electron chi connectivity index (χ3n) is 3.14. The van der Waals surface area contributed by atoms with Crippen molar-refractivity contribution < 1.29 is 19.4 Å². The molecule has 0 bridgehead atoms. The van der Waals surface area contributed by atoms with Crippen molar-refractivity contribution in [3.05, 3.63) is 48.0 Å². The Labute approximate surface area is 127 Å². The van der Waals surface area contributed by atoms with Crippen molar-refractivity contribution in [3.8, 4) is 5.75 Å². The Hall–Kier alpha value is -2.83. The molecule has 2 aromatic rings. The van der Waals surface area contributed by atoms with E-state index in [1.165, 1.54) is 12.5 Å². The van der Waals surface area contributed by atoms with E-state index in [1.54, 1.807) is 31.4 Å². The average molecular weight is 303 g/mol. The van der Waals surface area contributed by atoms with Gasteiger partial charge in [0, 0.05) is 18.3 Å². The van der Waals surface area contributed by atoms with Crippen molar-refractivity contribution in [3.63, 3.8) is 0 Å². The molecule has 1 aromatic heterocycles. The normalized spacial score (nSPS) is 11.7. The van der Waals surface area contributed by atoms with Gasteiger partial charge in [0.15, 0.2) is 0 Å². The topological polar surface area (TPSA) is 104 Å². The molecule has 0 fully saturated rings. The first kappa shape index (κ1) is 15.6. The van der Waals surface area contributed by atoms with Crippen molar-refractivity contribution in [1.29, 1.82) is 0 Å². The molecule has 1 amide bonds. The molecule has 7 nitrogen and oxygen atoms in total. The fourth-order valence-electron chi connectivity index (χ4n) is 1.99. The Morgan fingerprint density at radius 2 is 2.09 bits per heavy atom. The van der Waals surface area contributed by atoms with Gasteiger partial charge < -0.3 is 20.1 Å². The summed E-state index contributed by atoms with van der Waals surface area (Å²) in [5.41, 5.74) is 1.43.